The van der Waals surface area contributed by atoms with Gasteiger partial charge in [-0.3, -0.25) is 4.79 Å². The van der Waals surface area contributed by atoms with Gasteiger partial charge >= 0.3 is 0 Å². The van der Waals surface area contributed by atoms with Gasteiger partial charge in [-0.2, -0.15) is 0 Å². The maximum atomic E-state index is 13.4. The summed E-state index contributed by atoms with van der Waals surface area (Å²) in [6, 6.07) is 0. The zero-order chi connectivity index (χ0) is 14.9. The number of halogens is 2. The summed E-state index contributed by atoms with van der Waals surface area (Å²) in [6.45, 7) is 3.40. The van der Waals surface area contributed by atoms with Crippen LogP contribution >= 0.6 is 11.3 Å². The van der Waals surface area contributed by atoms with Gasteiger partial charge in [-0.15, -0.1) is 11.3 Å². The van der Waals surface area contributed by atoms with Gasteiger partial charge in [-0.05, 0) is 5.92 Å². The van der Waals surface area contributed by atoms with E-state index in [9.17, 15) is 18.7 Å². The molecule has 1 unspecified atom stereocenters. The Labute approximate surface area is 120 Å². The molecule has 0 bridgehead atoms. The second-order valence-corrected chi connectivity index (χ2v) is 6.73. The molecule has 1 aromatic heterocycles. The molecule has 0 spiro atoms. The highest BCUT2D eigenvalue weighted by Gasteiger charge is 2.41. The number of thiazole rings is 1. The molecular formula is C13H18F2N2O2S. The lowest BCUT2D eigenvalue weighted by atomic mass is 10.0. The van der Waals surface area contributed by atoms with Crippen molar-refractivity contribution in [3.63, 3.8) is 0 Å². The van der Waals surface area contributed by atoms with Gasteiger partial charge in [0.1, 0.15) is 4.88 Å². The van der Waals surface area contributed by atoms with Crippen molar-refractivity contribution in [2.24, 2.45) is 5.92 Å². The molecule has 1 aliphatic rings. The molecule has 0 aliphatic carbocycles. The number of aromatic nitrogens is 1. The Morgan fingerprint density at radius 3 is 2.95 bits per heavy atom. The second-order valence-electron chi connectivity index (χ2n) is 5.62. The molecule has 7 heteroatoms. The van der Waals surface area contributed by atoms with Gasteiger partial charge in [0.25, 0.3) is 11.8 Å². The van der Waals surface area contributed by atoms with Crippen molar-refractivity contribution in [2.45, 2.75) is 38.7 Å². The molecule has 2 heterocycles. The molecule has 1 atom stereocenters. The van der Waals surface area contributed by atoms with Crippen molar-refractivity contribution < 1.29 is 18.7 Å². The fourth-order valence-corrected chi connectivity index (χ4v) is 3.33. The number of carbonyl (C=O) groups is 1. The van der Waals surface area contributed by atoms with Crippen LogP contribution in [0, 0.1) is 5.92 Å². The van der Waals surface area contributed by atoms with Crippen LogP contribution in [0.4, 0.5) is 8.78 Å². The molecule has 2 rings (SSSR count). The summed E-state index contributed by atoms with van der Waals surface area (Å²) in [5.74, 6) is -3.08. The van der Waals surface area contributed by atoms with Crippen molar-refractivity contribution in [1.82, 2.24) is 9.88 Å². The number of likely N-dealkylation sites (tertiary alicyclic amines) is 1. The number of piperidine rings is 1. The highest BCUT2D eigenvalue weighted by atomic mass is 32.1. The molecule has 1 fully saturated rings. The monoisotopic (exact) mass is 304 g/mol. The maximum absolute atomic E-state index is 13.4. The molecule has 1 aromatic rings. The largest absolute Gasteiger partial charge is 0.391 e. The summed E-state index contributed by atoms with van der Waals surface area (Å²) in [5.41, 5.74) is 0. The topological polar surface area (TPSA) is 53.4 Å². The van der Waals surface area contributed by atoms with E-state index in [1.165, 1.54) is 17.5 Å². The normalized spacial score (nSPS) is 22.3. The predicted molar refractivity (Wildman–Crippen MR) is 72.1 cm³/mol. The smallest absolute Gasteiger partial charge is 0.267 e. The van der Waals surface area contributed by atoms with Crippen molar-refractivity contribution in [3.05, 3.63) is 16.1 Å². The van der Waals surface area contributed by atoms with Crippen molar-refractivity contribution in [3.8, 4) is 0 Å². The number of nitrogens with zero attached hydrogens (tertiary/aromatic N) is 2. The highest BCUT2D eigenvalue weighted by molar-refractivity contribution is 7.13. The van der Waals surface area contributed by atoms with Crippen LogP contribution in [0.5, 0.6) is 0 Å². The van der Waals surface area contributed by atoms with Gasteiger partial charge in [0.05, 0.1) is 23.9 Å². The number of amides is 1. The number of alkyl halides is 2. The molecule has 1 N–H and O–H groups in total. The first-order valence-electron chi connectivity index (χ1n) is 6.57. The Kier molecular flexibility index (Phi) is 4.39. The van der Waals surface area contributed by atoms with Crippen molar-refractivity contribution in [1.29, 1.82) is 0 Å². The number of hydrogen-bond donors (Lipinski definition) is 1. The van der Waals surface area contributed by atoms with Gasteiger partial charge in [0.2, 0.25) is 0 Å². The summed E-state index contributed by atoms with van der Waals surface area (Å²) < 4.78 is 26.8. The summed E-state index contributed by atoms with van der Waals surface area (Å²) >= 11 is 1.24. The highest BCUT2D eigenvalue weighted by Crippen LogP contribution is 2.28. The third kappa shape index (κ3) is 3.73. The van der Waals surface area contributed by atoms with E-state index >= 15 is 0 Å². The Morgan fingerprint density at radius 1 is 1.65 bits per heavy atom. The van der Waals surface area contributed by atoms with Crippen molar-refractivity contribution >= 4 is 17.2 Å². The van der Waals surface area contributed by atoms with Crippen LogP contribution in [0.3, 0.4) is 0 Å². The number of aliphatic hydroxyl groups is 1. The van der Waals surface area contributed by atoms with Gasteiger partial charge in [-0.1, -0.05) is 13.8 Å². The summed E-state index contributed by atoms with van der Waals surface area (Å²) in [6.07, 6.45) is 0.435. The molecule has 0 saturated carbocycles. The van der Waals surface area contributed by atoms with E-state index in [4.69, 9.17) is 0 Å². The van der Waals surface area contributed by atoms with Crippen LogP contribution in [-0.2, 0) is 6.42 Å². The van der Waals surface area contributed by atoms with E-state index in [0.29, 0.717) is 10.8 Å². The molecule has 1 saturated heterocycles. The molecule has 20 heavy (non-hydrogen) atoms. The summed E-state index contributed by atoms with van der Waals surface area (Å²) in [5, 5.41) is 10.3. The van der Waals surface area contributed by atoms with Crippen LogP contribution in [0.15, 0.2) is 6.20 Å². The Bertz CT molecular complexity index is 490. The number of carbonyl (C=O) groups excluding carboxylic acids is 1. The minimum Gasteiger partial charge on any atom is -0.391 e. The minimum absolute atomic E-state index is 0.0498. The van der Waals surface area contributed by atoms with Gasteiger partial charge in [-0.25, -0.2) is 13.8 Å². The quantitative estimate of drug-likeness (QED) is 0.931. The summed E-state index contributed by atoms with van der Waals surface area (Å²) in [7, 11) is 0. The molecular weight excluding hydrogens is 286 g/mol. The second kappa shape index (κ2) is 5.73. The van der Waals surface area contributed by atoms with Crippen molar-refractivity contribution in [2.75, 3.05) is 13.1 Å². The van der Waals surface area contributed by atoms with Crippen LogP contribution < -0.4 is 0 Å². The number of rotatable bonds is 3. The van der Waals surface area contributed by atoms with Crippen LogP contribution in [-0.4, -0.2) is 46.0 Å². The fourth-order valence-electron chi connectivity index (χ4n) is 2.24. The molecule has 0 radical (unpaired) electrons. The number of aliphatic hydroxyl groups excluding tert-OH is 1. The maximum Gasteiger partial charge on any atom is 0.267 e. The van der Waals surface area contributed by atoms with Crippen LogP contribution in [0.25, 0.3) is 0 Å². The zero-order valence-electron chi connectivity index (χ0n) is 11.5. The summed E-state index contributed by atoms with van der Waals surface area (Å²) in [4.78, 5) is 17.7. The van der Waals surface area contributed by atoms with E-state index in [-0.39, 0.29) is 6.54 Å². The molecule has 1 amide bonds. The molecule has 4 nitrogen and oxygen atoms in total. The molecule has 112 valence electrons. The zero-order valence-corrected chi connectivity index (χ0v) is 12.3. The first kappa shape index (κ1) is 15.3. The first-order valence-corrected chi connectivity index (χ1v) is 7.38. The van der Waals surface area contributed by atoms with E-state index in [1.807, 2.05) is 13.8 Å². The SMILES string of the molecule is CC(C)Cc1ncc(C(=O)N2CC(O)CC(F)(F)C2)s1. The lowest BCUT2D eigenvalue weighted by Gasteiger charge is -2.35. The lowest BCUT2D eigenvalue weighted by molar-refractivity contribution is -0.0971. The molecule has 0 aromatic carbocycles. The lowest BCUT2D eigenvalue weighted by Crippen LogP contribution is -2.51. The van der Waals surface area contributed by atoms with E-state index in [1.54, 1.807) is 0 Å². The third-order valence-corrected chi connectivity index (χ3v) is 4.03. The average Bonchev–Trinajstić information content (AvgIpc) is 2.72. The average molecular weight is 304 g/mol. The minimum atomic E-state index is -3.03. The Morgan fingerprint density at radius 2 is 2.35 bits per heavy atom. The fraction of sp³-hybridized carbons (Fsp3) is 0.692. The standard InChI is InChI=1S/C13H18F2N2O2S/c1-8(2)3-11-16-5-10(20-11)12(19)17-6-9(18)4-13(14,15)7-17/h5,8-9,18H,3-4,6-7H2,1-2H3. The third-order valence-electron chi connectivity index (χ3n) is 3.02. The van der Waals surface area contributed by atoms with E-state index in [0.717, 1.165) is 16.3 Å². The number of β-amino-alcohol motifs (C(OH)–C–C–N with tert-alkyl or cyclic N) is 1. The van der Waals surface area contributed by atoms with Gasteiger partial charge in [0.15, 0.2) is 0 Å². The Balaban J connectivity index is 2.08. The van der Waals surface area contributed by atoms with Crippen LogP contribution in [0.2, 0.25) is 0 Å². The van der Waals surface area contributed by atoms with E-state index in [2.05, 4.69) is 4.98 Å². The van der Waals surface area contributed by atoms with Gasteiger partial charge < -0.3 is 10.0 Å². The van der Waals surface area contributed by atoms with Gasteiger partial charge in [0, 0.05) is 19.4 Å². The first-order chi connectivity index (χ1) is 9.27. The Hall–Kier alpha value is -1.08. The number of hydrogen-bond acceptors (Lipinski definition) is 4. The van der Waals surface area contributed by atoms with E-state index < -0.39 is 30.9 Å². The molecule has 1 aliphatic heterocycles. The van der Waals surface area contributed by atoms with Crippen LogP contribution in [0.1, 0.15) is 34.9 Å². The predicted octanol–water partition coefficient (Wildman–Crippen LogP) is 2.18.